The number of hydrogen-bond acceptors (Lipinski definition) is 5. The number of carbonyl (C=O) groups is 2. The maximum atomic E-state index is 9.10. The molecule has 0 spiro atoms. The zero-order chi connectivity index (χ0) is 24.5. The lowest BCUT2D eigenvalue weighted by molar-refractivity contribution is -0.159. The Kier molecular flexibility index (Phi) is 8.02. The lowest BCUT2D eigenvalue weighted by atomic mass is 10.0. The number of rotatable bonds is 6. The third-order valence-corrected chi connectivity index (χ3v) is 5.04. The molecule has 34 heavy (non-hydrogen) atoms. The molecule has 174 valence electrons. The average molecular weight is 460 g/mol. The Morgan fingerprint density at radius 1 is 0.882 bits per heavy atom. The van der Waals surface area contributed by atoms with Crippen LogP contribution in [-0.4, -0.2) is 38.8 Å². The van der Waals surface area contributed by atoms with E-state index in [-0.39, 0.29) is 0 Å². The van der Waals surface area contributed by atoms with Gasteiger partial charge < -0.3 is 24.8 Å². The molecule has 0 atom stereocenters. The van der Waals surface area contributed by atoms with Crippen LogP contribution in [0.1, 0.15) is 5.56 Å². The summed E-state index contributed by atoms with van der Waals surface area (Å²) >= 11 is 0. The van der Waals surface area contributed by atoms with Crippen LogP contribution in [0.3, 0.4) is 0 Å². The summed E-state index contributed by atoms with van der Waals surface area (Å²) in [5.41, 5.74) is 5.80. The SMILES string of the molecule is COc1cccc(CNc2ncc(-c3ccc(-c4ccccc4)cc3)n2C)c1.O=C(O)C(=O)O. The van der Waals surface area contributed by atoms with E-state index in [2.05, 4.69) is 69.5 Å². The highest BCUT2D eigenvalue weighted by molar-refractivity contribution is 6.27. The van der Waals surface area contributed by atoms with Crippen LogP contribution in [0.5, 0.6) is 5.75 Å². The number of anilines is 1. The van der Waals surface area contributed by atoms with Gasteiger partial charge in [-0.3, -0.25) is 0 Å². The van der Waals surface area contributed by atoms with Gasteiger partial charge in [0.15, 0.2) is 0 Å². The summed E-state index contributed by atoms with van der Waals surface area (Å²) < 4.78 is 7.37. The molecule has 1 aromatic heterocycles. The van der Waals surface area contributed by atoms with Gasteiger partial charge in [-0.1, -0.05) is 66.7 Å². The van der Waals surface area contributed by atoms with Crippen LogP contribution < -0.4 is 10.1 Å². The molecule has 0 aliphatic carbocycles. The first kappa shape index (κ1) is 24.1. The molecular weight excluding hydrogens is 434 g/mol. The number of nitrogens with one attached hydrogen (secondary N) is 1. The Labute approximate surface area is 197 Å². The van der Waals surface area contributed by atoms with Crippen LogP contribution in [0.15, 0.2) is 85.1 Å². The second-order valence-electron chi connectivity index (χ2n) is 7.28. The van der Waals surface area contributed by atoms with Crippen LogP contribution in [0.25, 0.3) is 22.4 Å². The lowest BCUT2D eigenvalue weighted by Crippen LogP contribution is -2.09. The molecule has 0 aliphatic heterocycles. The summed E-state index contributed by atoms with van der Waals surface area (Å²) in [7, 11) is 3.71. The fraction of sp³-hybridized carbons (Fsp3) is 0.115. The molecule has 8 heteroatoms. The van der Waals surface area contributed by atoms with Gasteiger partial charge in [-0.2, -0.15) is 0 Å². The van der Waals surface area contributed by atoms with E-state index in [9.17, 15) is 0 Å². The fourth-order valence-electron chi connectivity index (χ4n) is 3.27. The number of nitrogens with zero attached hydrogens (tertiary/aromatic N) is 2. The van der Waals surface area contributed by atoms with Crippen molar-refractivity contribution in [2.75, 3.05) is 12.4 Å². The van der Waals surface area contributed by atoms with Crippen molar-refractivity contribution in [3.8, 4) is 28.1 Å². The van der Waals surface area contributed by atoms with Crippen LogP contribution in [0, 0.1) is 0 Å². The standard InChI is InChI=1S/C24H23N3O.C2H2O4/c1-27-23(21-13-11-20(12-14-21)19-8-4-3-5-9-19)17-26-24(27)25-16-18-7-6-10-22(15-18)28-2;3-1(4)2(5)6/h3-15,17H,16H2,1-2H3,(H,25,26);(H,3,4)(H,5,6). The summed E-state index contributed by atoms with van der Waals surface area (Å²) in [6, 6.07) is 27.0. The normalized spacial score (nSPS) is 10.1. The highest BCUT2D eigenvalue weighted by Crippen LogP contribution is 2.26. The molecule has 4 aromatic rings. The number of hydrogen-bond donors (Lipinski definition) is 3. The Balaban J connectivity index is 0.000000481. The van der Waals surface area contributed by atoms with E-state index in [0.29, 0.717) is 6.54 Å². The number of aliphatic carboxylic acids is 2. The van der Waals surface area contributed by atoms with E-state index in [1.807, 2.05) is 37.5 Å². The van der Waals surface area contributed by atoms with Crippen molar-refractivity contribution in [1.29, 1.82) is 0 Å². The minimum Gasteiger partial charge on any atom is -0.497 e. The highest BCUT2D eigenvalue weighted by Gasteiger charge is 2.09. The quantitative estimate of drug-likeness (QED) is 0.363. The largest absolute Gasteiger partial charge is 0.497 e. The van der Waals surface area contributed by atoms with Crippen LogP contribution in [-0.2, 0) is 23.2 Å². The average Bonchev–Trinajstić information content (AvgIpc) is 3.24. The van der Waals surface area contributed by atoms with Crippen molar-refractivity contribution in [3.63, 3.8) is 0 Å². The number of aromatic nitrogens is 2. The Hall–Kier alpha value is -4.59. The number of carboxylic acid groups (broad SMARTS) is 2. The number of imidazole rings is 1. The number of benzene rings is 3. The van der Waals surface area contributed by atoms with Gasteiger partial charge in [0.2, 0.25) is 5.95 Å². The van der Waals surface area contributed by atoms with Gasteiger partial charge in [0.1, 0.15) is 5.75 Å². The second kappa shape index (κ2) is 11.3. The fourth-order valence-corrected chi connectivity index (χ4v) is 3.27. The van der Waals surface area contributed by atoms with E-state index < -0.39 is 11.9 Å². The highest BCUT2D eigenvalue weighted by atomic mass is 16.5. The predicted octanol–water partition coefficient (Wildman–Crippen LogP) is 4.53. The molecule has 0 radical (unpaired) electrons. The van der Waals surface area contributed by atoms with Crippen molar-refractivity contribution >= 4 is 17.9 Å². The molecular formula is C26H25N3O5. The zero-order valence-corrected chi connectivity index (χ0v) is 18.8. The van der Waals surface area contributed by atoms with Gasteiger partial charge in [0, 0.05) is 13.6 Å². The molecule has 1 heterocycles. The van der Waals surface area contributed by atoms with Gasteiger partial charge in [-0.15, -0.1) is 0 Å². The Bertz CT molecular complexity index is 1240. The molecule has 4 rings (SSSR count). The van der Waals surface area contributed by atoms with Crippen molar-refractivity contribution in [1.82, 2.24) is 9.55 Å². The first-order chi connectivity index (χ1) is 16.4. The molecule has 0 bridgehead atoms. The first-order valence-electron chi connectivity index (χ1n) is 10.4. The minimum absolute atomic E-state index is 0.689. The van der Waals surface area contributed by atoms with E-state index in [0.717, 1.165) is 28.5 Å². The molecule has 3 N–H and O–H groups in total. The third kappa shape index (κ3) is 6.23. The van der Waals surface area contributed by atoms with E-state index in [1.165, 1.54) is 11.1 Å². The first-order valence-corrected chi connectivity index (χ1v) is 10.4. The molecule has 0 fully saturated rings. The van der Waals surface area contributed by atoms with Gasteiger partial charge in [0.05, 0.1) is 19.0 Å². The number of ether oxygens (including phenoxy) is 1. The van der Waals surface area contributed by atoms with Crippen molar-refractivity contribution in [2.45, 2.75) is 6.54 Å². The van der Waals surface area contributed by atoms with Gasteiger partial charge in [-0.05, 0) is 34.4 Å². The molecule has 0 saturated carbocycles. The lowest BCUT2D eigenvalue weighted by Gasteiger charge is -2.10. The maximum Gasteiger partial charge on any atom is 0.414 e. The monoisotopic (exact) mass is 459 g/mol. The molecule has 0 aliphatic rings. The maximum absolute atomic E-state index is 9.10. The van der Waals surface area contributed by atoms with E-state index in [4.69, 9.17) is 24.5 Å². The predicted molar refractivity (Wildman–Crippen MR) is 130 cm³/mol. The number of methoxy groups -OCH3 is 1. The topological polar surface area (TPSA) is 114 Å². The molecule has 0 saturated heterocycles. The van der Waals surface area contributed by atoms with E-state index >= 15 is 0 Å². The molecule has 3 aromatic carbocycles. The van der Waals surface area contributed by atoms with Crippen molar-refractivity contribution < 1.29 is 24.5 Å². The van der Waals surface area contributed by atoms with Crippen molar-refractivity contribution in [3.05, 3.63) is 90.6 Å². The van der Waals surface area contributed by atoms with Gasteiger partial charge >= 0.3 is 11.9 Å². The minimum atomic E-state index is -1.82. The van der Waals surface area contributed by atoms with Crippen molar-refractivity contribution in [2.24, 2.45) is 7.05 Å². The summed E-state index contributed by atoms with van der Waals surface area (Å²) in [6.45, 7) is 0.689. The number of carboxylic acids is 2. The molecule has 0 amide bonds. The van der Waals surface area contributed by atoms with E-state index in [1.54, 1.807) is 7.11 Å². The summed E-state index contributed by atoms with van der Waals surface area (Å²) in [5, 5.41) is 18.2. The van der Waals surface area contributed by atoms with Crippen LogP contribution in [0.4, 0.5) is 5.95 Å². The smallest absolute Gasteiger partial charge is 0.414 e. The summed E-state index contributed by atoms with van der Waals surface area (Å²) in [5.74, 6) is -1.95. The Morgan fingerprint density at radius 2 is 1.50 bits per heavy atom. The third-order valence-electron chi connectivity index (χ3n) is 5.04. The Morgan fingerprint density at radius 3 is 2.12 bits per heavy atom. The zero-order valence-electron chi connectivity index (χ0n) is 18.8. The summed E-state index contributed by atoms with van der Waals surface area (Å²) in [4.78, 5) is 22.8. The molecule has 0 unspecified atom stereocenters. The van der Waals surface area contributed by atoms with Gasteiger partial charge in [0.25, 0.3) is 0 Å². The van der Waals surface area contributed by atoms with Crippen LogP contribution in [0.2, 0.25) is 0 Å². The van der Waals surface area contributed by atoms with Crippen LogP contribution >= 0.6 is 0 Å². The second-order valence-corrected chi connectivity index (χ2v) is 7.28. The summed E-state index contributed by atoms with van der Waals surface area (Å²) in [6.07, 6.45) is 1.91. The van der Waals surface area contributed by atoms with Gasteiger partial charge in [-0.25, -0.2) is 14.6 Å². The molecule has 8 nitrogen and oxygen atoms in total.